The molecule has 96 valence electrons. The van der Waals surface area contributed by atoms with Gasteiger partial charge in [0.15, 0.2) is 0 Å². The molecule has 0 unspecified atom stereocenters. The van der Waals surface area contributed by atoms with Crippen molar-refractivity contribution in [3.05, 3.63) is 34.3 Å². The third kappa shape index (κ3) is 2.96. The molecule has 6 heteroatoms. The van der Waals surface area contributed by atoms with Crippen LogP contribution in [-0.2, 0) is 12.8 Å². The van der Waals surface area contributed by atoms with Crippen LogP contribution in [0.1, 0.15) is 17.4 Å². The van der Waals surface area contributed by atoms with Crippen LogP contribution in [0.15, 0.2) is 23.8 Å². The molecule has 0 saturated carbocycles. The van der Waals surface area contributed by atoms with Crippen molar-refractivity contribution in [2.45, 2.75) is 19.8 Å². The lowest BCUT2D eigenvalue weighted by atomic mass is 10.2. The van der Waals surface area contributed by atoms with Gasteiger partial charge in [0.05, 0.1) is 12.2 Å². The molecule has 2 rings (SSSR count). The van der Waals surface area contributed by atoms with Crippen LogP contribution in [0.25, 0.3) is 0 Å². The van der Waals surface area contributed by atoms with Crippen LogP contribution in [-0.4, -0.2) is 16.6 Å². The molecule has 18 heavy (non-hydrogen) atoms. The fourth-order valence-electron chi connectivity index (χ4n) is 1.67. The Morgan fingerprint density at radius 2 is 2.33 bits per heavy atom. The highest BCUT2D eigenvalue weighted by Crippen LogP contribution is 2.22. The monoisotopic (exact) mass is 264 g/mol. The van der Waals surface area contributed by atoms with Gasteiger partial charge in [-0.05, 0) is 17.9 Å². The quantitative estimate of drug-likeness (QED) is 0.616. The van der Waals surface area contributed by atoms with E-state index >= 15 is 0 Å². The average Bonchev–Trinajstić information content (AvgIpc) is 2.91. The van der Waals surface area contributed by atoms with Gasteiger partial charge < -0.3 is 10.2 Å². The van der Waals surface area contributed by atoms with E-state index in [2.05, 4.69) is 26.8 Å². The number of nitrogen functional groups attached to an aromatic ring is 1. The highest BCUT2D eigenvalue weighted by atomic mass is 32.1. The number of anilines is 1. The van der Waals surface area contributed by atoms with E-state index < -0.39 is 0 Å². The van der Waals surface area contributed by atoms with Crippen LogP contribution in [0.5, 0.6) is 5.88 Å². The van der Waals surface area contributed by atoms with E-state index in [1.165, 1.54) is 11.2 Å². The number of nitrogens with two attached hydrogens (primary N) is 1. The zero-order valence-electron chi connectivity index (χ0n) is 10.2. The number of rotatable bonds is 6. The first-order valence-electron chi connectivity index (χ1n) is 5.80. The topological polar surface area (TPSA) is 73.1 Å². The highest BCUT2D eigenvalue weighted by molar-refractivity contribution is 7.09. The van der Waals surface area contributed by atoms with Crippen LogP contribution < -0.4 is 16.0 Å². The van der Waals surface area contributed by atoms with Gasteiger partial charge in [-0.2, -0.15) is 0 Å². The first-order chi connectivity index (χ1) is 8.85. The summed E-state index contributed by atoms with van der Waals surface area (Å²) in [5, 5.41) is 2.06. The lowest BCUT2D eigenvalue weighted by molar-refractivity contribution is 0.306. The fourth-order valence-corrected chi connectivity index (χ4v) is 2.36. The SMILES string of the molecule is CCc1c(NN)ncnc1OCCc1cccs1. The summed E-state index contributed by atoms with van der Waals surface area (Å²) in [6.07, 6.45) is 3.11. The summed E-state index contributed by atoms with van der Waals surface area (Å²) in [4.78, 5) is 9.52. The van der Waals surface area contributed by atoms with Crippen molar-refractivity contribution in [3.8, 4) is 5.88 Å². The Balaban J connectivity index is 2.00. The first-order valence-corrected chi connectivity index (χ1v) is 6.68. The van der Waals surface area contributed by atoms with Gasteiger partial charge in [-0.15, -0.1) is 11.3 Å². The molecule has 2 heterocycles. The molecule has 0 aliphatic rings. The van der Waals surface area contributed by atoms with E-state index in [0.29, 0.717) is 18.3 Å². The first kappa shape index (κ1) is 12.8. The van der Waals surface area contributed by atoms with E-state index in [1.807, 2.05) is 13.0 Å². The fraction of sp³-hybridized carbons (Fsp3) is 0.333. The maximum atomic E-state index is 5.70. The summed E-state index contributed by atoms with van der Waals surface area (Å²) in [6.45, 7) is 2.63. The molecular weight excluding hydrogens is 248 g/mol. The van der Waals surface area contributed by atoms with Crippen LogP contribution in [0.3, 0.4) is 0 Å². The lowest BCUT2D eigenvalue weighted by Crippen LogP contribution is -2.13. The van der Waals surface area contributed by atoms with Gasteiger partial charge in [0.25, 0.3) is 0 Å². The molecule has 2 aromatic heterocycles. The average molecular weight is 264 g/mol. The molecule has 5 nitrogen and oxygen atoms in total. The lowest BCUT2D eigenvalue weighted by Gasteiger charge is -2.11. The smallest absolute Gasteiger partial charge is 0.221 e. The molecule has 0 aliphatic carbocycles. The second kappa shape index (κ2) is 6.32. The Kier molecular flexibility index (Phi) is 4.49. The van der Waals surface area contributed by atoms with Crippen LogP contribution in [0, 0.1) is 0 Å². The largest absolute Gasteiger partial charge is 0.477 e. The zero-order valence-corrected chi connectivity index (χ0v) is 11.0. The van der Waals surface area contributed by atoms with Crippen molar-refractivity contribution < 1.29 is 4.74 Å². The predicted molar refractivity (Wildman–Crippen MR) is 72.7 cm³/mol. The molecule has 0 fully saturated rings. The molecule has 0 spiro atoms. The zero-order chi connectivity index (χ0) is 12.8. The molecule has 0 aliphatic heterocycles. The number of thiophene rings is 1. The van der Waals surface area contributed by atoms with E-state index in [1.54, 1.807) is 11.3 Å². The van der Waals surface area contributed by atoms with E-state index in [0.717, 1.165) is 18.4 Å². The van der Waals surface area contributed by atoms with Gasteiger partial charge in [0.2, 0.25) is 5.88 Å². The van der Waals surface area contributed by atoms with Crippen LogP contribution in [0.4, 0.5) is 5.82 Å². The van der Waals surface area contributed by atoms with Crippen LogP contribution in [0.2, 0.25) is 0 Å². The predicted octanol–water partition coefficient (Wildman–Crippen LogP) is 2.01. The van der Waals surface area contributed by atoms with Crippen molar-refractivity contribution in [1.29, 1.82) is 0 Å². The maximum Gasteiger partial charge on any atom is 0.221 e. The molecule has 0 atom stereocenters. The van der Waals surface area contributed by atoms with Gasteiger partial charge in [0, 0.05) is 11.3 Å². The minimum absolute atomic E-state index is 0.606. The number of hydrogen-bond acceptors (Lipinski definition) is 6. The number of nitrogens with zero attached hydrogens (tertiary/aromatic N) is 2. The molecular formula is C12H16N4OS. The van der Waals surface area contributed by atoms with Gasteiger partial charge in [-0.25, -0.2) is 15.8 Å². The Hall–Kier alpha value is -1.66. The normalized spacial score (nSPS) is 10.3. The number of ether oxygens (including phenoxy) is 1. The Morgan fingerprint density at radius 1 is 1.44 bits per heavy atom. The summed E-state index contributed by atoms with van der Waals surface area (Å²) < 4.78 is 5.70. The molecule has 3 N–H and O–H groups in total. The number of nitrogens with one attached hydrogen (secondary N) is 1. The second-order valence-electron chi connectivity index (χ2n) is 3.68. The van der Waals surface area contributed by atoms with Gasteiger partial charge in [-0.3, -0.25) is 0 Å². The van der Waals surface area contributed by atoms with E-state index in [4.69, 9.17) is 10.6 Å². The van der Waals surface area contributed by atoms with Crippen molar-refractivity contribution in [2.75, 3.05) is 12.0 Å². The highest BCUT2D eigenvalue weighted by Gasteiger charge is 2.09. The summed E-state index contributed by atoms with van der Waals surface area (Å²) in [7, 11) is 0. The summed E-state index contributed by atoms with van der Waals surface area (Å²) in [5.74, 6) is 6.64. The van der Waals surface area contributed by atoms with Crippen molar-refractivity contribution >= 4 is 17.2 Å². The maximum absolute atomic E-state index is 5.70. The molecule has 0 amide bonds. The van der Waals surface area contributed by atoms with Crippen LogP contribution >= 0.6 is 11.3 Å². The van der Waals surface area contributed by atoms with Crippen molar-refractivity contribution in [3.63, 3.8) is 0 Å². The number of aromatic nitrogens is 2. The second-order valence-corrected chi connectivity index (χ2v) is 4.71. The van der Waals surface area contributed by atoms with Gasteiger partial charge in [0.1, 0.15) is 12.1 Å². The van der Waals surface area contributed by atoms with Gasteiger partial charge in [-0.1, -0.05) is 13.0 Å². The summed E-state index contributed by atoms with van der Waals surface area (Å²) in [6, 6.07) is 4.14. The molecule has 0 bridgehead atoms. The Morgan fingerprint density at radius 3 is 3.00 bits per heavy atom. The summed E-state index contributed by atoms with van der Waals surface area (Å²) >= 11 is 1.73. The van der Waals surface area contributed by atoms with E-state index in [-0.39, 0.29) is 0 Å². The Labute approximate surface area is 110 Å². The third-order valence-electron chi connectivity index (χ3n) is 2.56. The molecule has 2 aromatic rings. The molecule has 0 aromatic carbocycles. The number of hydrogen-bond donors (Lipinski definition) is 2. The standard InChI is InChI=1S/C12H16N4OS/c1-2-10-11(16-13)14-8-15-12(10)17-6-5-9-4-3-7-18-9/h3-4,7-8H,2,5-6,13H2,1H3,(H,14,15,16). The molecule has 0 radical (unpaired) electrons. The molecule has 0 saturated heterocycles. The van der Waals surface area contributed by atoms with Crippen molar-refractivity contribution in [1.82, 2.24) is 9.97 Å². The Bertz CT molecular complexity index is 487. The minimum atomic E-state index is 0.606. The van der Waals surface area contributed by atoms with Gasteiger partial charge >= 0.3 is 0 Å². The summed E-state index contributed by atoms with van der Waals surface area (Å²) in [5.41, 5.74) is 3.47. The third-order valence-corrected chi connectivity index (χ3v) is 3.50. The van der Waals surface area contributed by atoms with E-state index in [9.17, 15) is 0 Å². The minimum Gasteiger partial charge on any atom is -0.477 e. The van der Waals surface area contributed by atoms with Crippen molar-refractivity contribution in [2.24, 2.45) is 5.84 Å². The number of hydrazine groups is 1.